The highest BCUT2D eigenvalue weighted by Gasteiger charge is 2.29. The van der Waals surface area contributed by atoms with Crippen LogP contribution in [0.4, 0.5) is 0 Å². The summed E-state index contributed by atoms with van der Waals surface area (Å²) in [6.07, 6.45) is 4.82. The van der Waals surface area contributed by atoms with Gasteiger partial charge in [-0.15, -0.1) is 11.3 Å². The fourth-order valence-corrected chi connectivity index (χ4v) is 3.73. The Morgan fingerprint density at radius 2 is 2.10 bits per heavy atom. The Kier molecular flexibility index (Phi) is 6.71. The van der Waals surface area contributed by atoms with Crippen LogP contribution in [0.2, 0.25) is 0 Å². The lowest BCUT2D eigenvalue weighted by atomic mass is 9.98. The zero-order chi connectivity index (χ0) is 15.1. The van der Waals surface area contributed by atoms with Gasteiger partial charge in [-0.2, -0.15) is 0 Å². The lowest BCUT2D eigenvalue weighted by Crippen LogP contribution is -2.46. The van der Waals surface area contributed by atoms with Crippen LogP contribution in [-0.4, -0.2) is 36.6 Å². The normalized spacial score (nSPS) is 16.3. The minimum atomic E-state index is 0.177. The molecule has 0 N–H and O–H groups in total. The highest BCUT2D eigenvalue weighted by Crippen LogP contribution is 2.21. The highest BCUT2D eigenvalue weighted by atomic mass is 32.1. The highest BCUT2D eigenvalue weighted by molar-refractivity contribution is 7.09. The maximum Gasteiger partial charge on any atom is 0.225 e. The van der Waals surface area contributed by atoms with Gasteiger partial charge in [-0.3, -0.25) is 4.79 Å². The van der Waals surface area contributed by atoms with Gasteiger partial charge in [0.05, 0.1) is 0 Å². The maximum absolute atomic E-state index is 12.9. The molecule has 3 nitrogen and oxygen atoms in total. The molecule has 1 aromatic heterocycles. The first-order valence-corrected chi connectivity index (χ1v) is 9.04. The molecule has 0 unspecified atom stereocenters. The van der Waals surface area contributed by atoms with E-state index in [4.69, 9.17) is 4.74 Å². The van der Waals surface area contributed by atoms with Gasteiger partial charge in [0.1, 0.15) is 0 Å². The molecular formula is C17H27NO2S. The van der Waals surface area contributed by atoms with Gasteiger partial charge < -0.3 is 9.64 Å². The molecule has 1 saturated heterocycles. The standard InChI is InChI=1S/C17H27NO2S/c1-3-14(4-2)17(19)18(15-8-11-20-12-9-15)10-7-16-6-5-13-21-16/h5-6,13-15H,3-4,7-12H2,1-2H3. The third kappa shape index (κ3) is 4.55. The number of carbonyl (C=O) groups excluding carboxylic acids is 1. The Bertz CT molecular complexity index is 408. The van der Waals surface area contributed by atoms with E-state index in [1.54, 1.807) is 11.3 Å². The van der Waals surface area contributed by atoms with Crippen LogP contribution in [0.25, 0.3) is 0 Å². The molecule has 4 heteroatoms. The summed E-state index contributed by atoms with van der Waals surface area (Å²) in [6.45, 7) is 6.66. The molecule has 21 heavy (non-hydrogen) atoms. The summed E-state index contributed by atoms with van der Waals surface area (Å²) in [6, 6.07) is 4.61. The SMILES string of the molecule is CCC(CC)C(=O)N(CCc1cccs1)C1CCOCC1. The van der Waals surface area contributed by atoms with Crippen molar-refractivity contribution >= 4 is 17.2 Å². The van der Waals surface area contributed by atoms with Gasteiger partial charge in [0.15, 0.2) is 0 Å². The van der Waals surface area contributed by atoms with Crippen molar-refractivity contribution < 1.29 is 9.53 Å². The number of amides is 1. The molecule has 0 aliphatic carbocycles. The van der Waals surface area contributed by atoms with E-state index in [-0.39, 0.29) is 5.92 Å². The number of nitrogens with zero attached hydrogens (tertiary/aromatic N) is 1. The van der Waals surface area contributed by atoms with Crippen molar-refractivity contribution in [2.75, 3.05) is 19.8 Å². The van der Waals surface area contributed by atoms with Crippen molar-refractivity contribution in [3.8, 4) is 0 Å². The van der Waals surface area contributed by atoms with Crippen LogP contribution in [-0.2, 0) is 16.0 Å². The fourth-order valence-electron chi connectivity index (χ4n) is 3.03. The number of rotatable bonds is 7. The molecule has 1 aliphatic heterocycles. The van der Waals surface area contributed by atoms with Crippen LogP contribution in [0.5, 0.6) is 0 Å². The molecule has 1 amide bonds. The first kappa shape index (κ1) is 16.5. The Morgan fingerprint density at radius 3 is 2.67 bits per heavy atom. The van der Waals surface area contributed by atoms with Gasteiger partial charge >= 0.3 is 0 Å². The van der Waals surface area contributed by atoms with E-state index < -0.39 is 0 Å². The summed E-state index contributed by atoms with van der Waals surface area (Å²) in [5.74, 6) is 0.527. The first-order chi connectivity index (χ1) is 10.3. The van der Waals surface area contributed by atoms with Gasteiger partial charge in [0, 0.05) is 36.6 Å². The predicted octanol–water partition coefficient (Wildman–Crippen LogP) is 3.73. The van der Waals surface area contributed by atoms with Gasteiger partial charge in [0.2, 0.25) is 5.91 Å². The second kappa shape index (κ2) is 8.54. The van der Waals surface area contributed by atoms with E-state index in [1.165, 1.54) is 4.88 Å². The number of hydrogen-bond donors (Lipinski definition) is 0. The Morgan fingerprint density at radius 1 is 1.38 bits per heavy atom. The second-order valence-corrected chi connectivity index (χ2v) is 6.75. The van der Waals surface area contributed by atoms with E-state index in [0.717, 1.165) is 51.9 Å². The zero-order valence-corrected chi connectivity index (χ0v) is 14.0. The molecule has 118 valence electrons. The number of carbonyl (C=O) groups is 1. The molecule has 1 fully saturated rings. The zero-order valence-electron chi connectivity index (χ0n) is 13.2. The Balaban J connectivity index is 2.03. The molecular weight excluding hydrogens is 282 g/mol. The molecule has 0 aromatic carbocycles. The molecule has 1 aromatic rings. The smallest absolute Gasteiger partial charge is 0.225 e. The number of thiophene rings is 1. The molecule has 1 aliphatic rings. The second-order valence-electron chi connectivity index (χ2n) is 5.72. The maximum atomic E-state index is 12.9. The quantitative estimate of drug-likeness (QED) is 0.768. The van der Waals surface area contributed by atoms with Crippen molar-refractivity contribution in [2.24, 2.45) is 5.92 Å². The van der Waals surface area contributed by atoms with Crippen molar-refractivity contribution in [3.05, 3.63) is 22.4 Å². The van der Waals surface area contributed by atoms with Crippen molar-refractivity contribution in [2.45, 2.75) is 52.0 Å². The fraction of sp³-hybridized carbons (Fsp3) is 0.706. The molecule has 0 bridgehead atoms. The van der Waals surface area contributed by atoms with Crippen LogP contribution < -0.4 is 0 Å². The first-order valence-electron chi connectivity index (χ1n) is 8.16. The van der Waals surface area contributed by atoms with Gasteiger partial charge in [-0.05, 0) is 43.6 Å². The third-order valence-electron chi connectivity index (χ3n) is 4.43. The minimum Gasteiger partial charge on any atom is -0.381 e. The molecule has 0 spiro atoms. The molecule has 2 heterocycles. The van der Waals surface area contributed by atoms with Gasteiger partial charge in [0.25, 0.3) is 0 Å². The average molecular weight is 309 g/mol. The van der Waals surface area contributed by atoms with Crippen molar-refractivity contribution in [1.29, 1.82) is 0 Å². The van der Waals surface area contributed by atoms with E-state index in [0.29, 0.717) is 11.9 Å². The molecule has 0 radical (unpaired) electrons. The third-order valence-corrected chi connectivity index (χ3v) is 5.36. The van der Waals surface area contributed by atoms with Gasteiger partial charge in [-0.1, -0.05) is 19.9 Å². The molecule has 0 saturated carbocycles. The number of hydrogen-bond acceptors (Lipinski definition) is 3. The average Bonchev–Trinajstić information content (AvgIpc) is 3.03. The summed E-state index contributed by atoms with van der Waals surface area (Å²) in [7, 11) is 0. The molecule has 2 rings (SSSR count). The van der Waals surface area contributed by atoms with Crippen molar-refractivity contribution in [1.82, 2.24) is 4.90 Å². The predicted molar refractivity (Wildman–Crippen MR) is 87.6 cm³/mol. The van der Waals surface area contributed by atoms with Crippen LogP contribution in [0.15, 0.2) is 17.5 Å². The lowest BCUT2D eigenvalue weighted by molar-refractivity contribution is -0.140. The minimum absolute atomic E-state index is 0.177. The summed E-state index contributed by atoms with van der Waals surface area (Å²) >= 11 is 1.78. The number of ether oxygens (including phenoxy) is 1. The lowest BCUT2D eigenvalue weighted by Gasteiger charge is -2.36. The summed E-state index contributed by atoms with van der Waals surface area (Å²) in [4.78, 5) is 16.4. The summed E-state index contributed by atoms with van der Waals surface area (Å²) in [5, 5.41) is 2.11. The Hall–Kier alpha value is -0.870. The largest absolute Gasteiger partial charge is 0.381 e. The van der Waals surface area contributed by atoms with Crippen LogP contribution in [0.1, 0.15) is 44.4 Å². The summed E-state index contributed by atoms with van der Waals surface area (Å²) < 4.78 is 5.46. The van der Waals surface area contributed by atoms with Crippen LogP contribution in [0.3, 0.4) is 0 Å². The Labute approximate surface area is 132 Å². The molecule has 0 atom stereocenters. The van der Waals surface area contributed by atoms with E-state index in [1.807, 2.05) is 0 Å². The van der Waals surface area contributed by atoms with Crippen LogP contribution >= 0.6 is 11.3 Å². The van der Waals surface area contributed by atoms with E-state index >= 15 is 0 Å². The van der Waals surface area contributed by atoms with E-state index in [2.05, 4.69) is 36.3 Å². The van der Waals surface area contributed by atoms with Crippen LogP contribution in [0, 0.1) is 5.92 Å². The summed E-state index contributed by atoms with van der Waals surface area (Å²) in [5.41, 5.74) is 0. The van der Waals surface area contributed by atoms with Gasteiger partial charge in [-0.25, -0.2) is 0 Å². The monoisotopic (exact) mass is 309 g/mol. The topological polar surface area (TPSA) is 29.5 Å². The van der Waals surface area contributed by atoms with Crippen molar-refractivity contribution in [3.63, 3.8) is 0 Å². The van der Waals surface area contributed by atoms with E-state index in [9.17, 15) is 4.79 Å².